The second-order valence-corrected chi connectivity index (χ2v) is 4.55. The number of hydrogen-bond acceptors (Lipinski definition) is 6. The highest BCUT2D eigenvalue weighted by Gasteiger charge is 2.18. The summed E-state index contributed by atoms with van der Waals surface area (Å²) >= 11 is 0. The Hall–Kier alpha value is -2.68. The van der Waals surface area contributed by atoms with Crippen LogP contribution in [0.5, 0.6) is 0 Å². The number of nitriles is 1. The normalized spacial score (nSPS) is 14.9. The van der Waals surface area contributed by atoms with Gasteiger partial charge in [-0.15, -0.1) is 0 Å². The second kappa shape index (κ2) is 5.53. The molecule has 0 amide bonds. The van der Waals surface area contributed by atoms with Gasteiger partial charge in [0.2, 0.25) is 0 Å². The molecule has 1 fully saturated rings. The molecule has 2 aromatic heterocycles. The van der Waals surface area contributed by atoms with Crippen LogP contribution < -0.4 is 9.80 Å². The van der Waals surface area contributed by atoms with Crippen molar-refractivity contribution in [2.24, 2.45) is 0 Å². The van der Waals surface area contributed by atoms with E-state index < -0.39 is 0 Å². The molecule has 3 rings (SSSR count). The first kappa shape index (κ1) is 12.4. The Morgan fingerprint density at radius 3 is 2.50 bits per heavy atom. The highest BCUT2D eigenvalue weighted by molar-refractivity contribution is 5.51. The number of rotatable bonds is 2. The smallest absolute Gasteiger partial charge is 0.142 e. The van der Waals surface area contributed by atoms with Crippen LogP contribution in [0.25, 0.3) is 0 Å². The van der Waals surface area contributed by atoms with Gasteiger partial charge in [-0.25, -0.2) is 15.0 Å². The Morgan fingerprint density at radius 1 is 1.00 bits per heavy atom. The van der Waals surface area contributed by atoms with Gasteiger partial charge < -0.3 is 9.80 Å². The molecular weight excluding hydrogens is 252 g/mol. The minimum Gasteiger partial charge on any atom is -0.368 e. The molecule has 6 heteroatoms. The topological polar surface area (TPSA) is 68.9 Å². The zero-order valence-corrected chi connectivity index (χ0v) is 11.0. The Bertz CT molecular complexity index is 613. The van der Waals surface area contributed by atoms with Crippen molar-refractivity contribution in [3.63, 3.8) is 0 Å². The molecule has 0 N–H and O–H groups in total. The van der Waals surface area contributed by atoms with Gasteiger partial charge in [-0.1, -0.05) is 0 Å². The zero-order valence-electron chi connectivity index (χ0n) is 11.0. The minimum atomic E-state index is 0.459. The van der Waals surface area contributed by atoms with Gasteiger partial charge in [0.25, 0.3) is 0 Å². The van der Waals surface area contributed by atoms with Crippen LogP contribution in [0.4, 0.5) is 11.5 Å². The predicted molar refractivity (Wildman–Crippen MR) is 75.4 cm³/mol. The van der Waals surface area contributed by atoms with Gasteiger partial charge in [0.15, 0.2) is 0 Å². The van der Waals surface area contributed by atoms with Crippen LogP contribution in [0.2, 0.25) is 0 Å². The van der Waals surface area contributed by atoms with Crippen LogP contribution in [0.3, 0.4) is 0 Å². The average molecular weight is 266 g/mol. The van der Waals surface area contributed by atoms with E-state index in [4.69, 9.17) is 5.26 Å². The fraction of sp³-hybridized carbons (Fsp3) is 0.286. The molecule has 1 aliphatic rings. The summed E-state index contributed by atoms with van der Waals surface area (Å²) in [4.78, 5) is 16.7. The highest BCUT2D eigenvalue weighted by Crippen LogP contribution is 2.18. The van der Waals surface area contributed by atoms with Gasteiger partial charge in [0.1, 0.15) is 23.9 Å². The maximum atomic E-state index is 8.90. The zero-order chi connectivity index (χ0) is 13.8. The lowest BCUT2D eigenvalue weighted by Gasteiger charge is -2.36. The molecule has 1 saturated heterocycles. The molecule has 0 aromatic carbocycles. The second-order valence-electron chi connectivity index (χ2n) is 4.55. The number of piperazine rings is 1. The average Bonchev–Trinajstić information content (AvgIpc) is 2.56. The molecule has 0 atom stereocenters. The third kappa shape index (κ3) is 2.52. The van der Waals surface area contributed by atoms with Crippen LogP contribution in [0.15, 0.2) is 36.9 Å². The molecule has 3 heterocycles. The summed E-state index contributed by atoms with van der Waals surface area (Å²) in [5.74, 6) is 0.965. The predicted octanol–water partition coefficient (Wildman–Crippen LogP) is 1.07. The van der Waals surface area contributed by atoms with Crippen molar-refractivity contribution < 1.29 is 0 Å². The molecule has 0 radical (unpaired) electrons. The monoisotopic (exact) mass is 266 g/mol. The molecule has 0 spiro atoms. The maximum Gasteiger partial charge on any atom is 0.142 e. The lowest BCUT2D eigenvalue weighted by atomic mass is 10.2. The highest BCUT2D eigenvalue weighted by atomic mass is 15.3. The molecule has 0 saturated carbocycles. The molecule has 0 unspecified atom stereocenters. The summed E-state index contributed by atoms with van der Waals surface area (Å²) in [6, 6.07) is 7.78. The number of aromatic nitrogens is 3. The first-order valence-electron chi connectivity index (χ1n) is 6.49. The largest absolute Gasteiger partial charge is 0.368 e. The maximum absolute atomic E-state index is 8.90. The van der Waals surface area contributed by atoms with E-state index >= 15 is 0 Å². The van der Waals surface area contributed by atoms with E-state index in [1.165, 1.54) is 0 Å². The summed E-state index contributed by atoms with van der Waals surface area (Å²) < 4.78 is 0. The van der Waals surface area contributed by atoms with Crippen LogP contribution >= 0.6 is 0 Å². The van der Waals surface area contributed by atoms with Crippen molar-refractivity contribution in [2.45, 2.75) is 0 Å². The first-order chi connectivity index (χ1) is 9.86. The summed E-state index contributed by atoms with van der Waals surface area (Å²) in [5.41, 5.74) is 1.51. The summed E-state index contributed by atoms with van der Waals surface area (Å²) in [6.07, 6.45) is 5.02. The van der Waals surface area contributed by atoms with E-state index in [-0.39, 0.29) is 0 Å². The van der Waals surface area contributed by atoms with Gasteiger partial charge in [0.05, 0.1) is 0 Å². The van der Waals surface area contributed by atoms with Crippen molar-refractivity contribution in [3.05, 3.63) is 42.6 Å². The van der Waals surface area contributed by atoms with E-state index in [0.717, 1.165) is 37.7 Å². The van der Waals surface area contributed by atoms with Gasteiger partial charge >= 0.3 is 0 Å². The SMILES string of the molecule is N#Cc1cc(N2CCN(c3ccncn3)CC2)ccn1. The summed E-state index contributed by atoms with van der Waals surface area (Å²) in [6.45, 7) is 3.61. The Balaban J connectivity index is 1.68. The standard InChI is InChI=1S/C14H14N6/c15-10-12-9-13(1-4-17-12)19-5-7-20(8-6-19)14-2-3-16-11-18-14/h1-4,9,11H,5-8H2. The van der Waals surface area contributed by atoms with E-state index in [9.17, 15) is 0 Å². The van der Waals surface area contributed by atoms with Crippen LogP contribution in [0.1, 0.15) is 5.69 Å². The number of hydrogen-bond donors (Lipinski definition) is 0. The van der Waals surface area contributed by atoms with E-state index in [1.807, 2.05) is 18.2 Å². The number of anilines is 2. The fourth-order valence-corrected chi connectivity index (χ4v) is 2.34. The molecule has 0 bridgehead atoms. The van der Waals surface area contributed by atoms with Crippen molar-refractivity contribution in [1.29, 1.82) is 5.26 Å². The van der Waals surface area contributed by atoms with Gasteiger partial charge in [-0.05, 0) is 18.2 Å². The van der Waals surface area contributed by atoms with Crippen molar-refractivity contribution >= 4 is 11.5 Å². The quantitative estimate of drug-likeness (QED) is 0.810. The van der Waals surface area contributed by atoms with Crippen LogP contribution in [0, 0.1) is 11.3 Å². The Morgan fingerprint density at radius 2 is 1.80 bits per heavy atom. The summed E-state index contributed by atoms with van der Waals surface area (Å²) in [7, 11) is 0. The van der Waals surface area contributed by atoms with E-state index in [1.54, 1.807) is 18.7 Å². The van der Waals surface area contributed by atoms with Crippen molar-refractivity contribution in [3.8, 4) is 6.07 Å². The molecule has 6 nitrogen and oxygen atoms in total. The Labute approximate surface area is 117 Å². The van der Waals surface area contributed by atoms with E-state index in [2.05, 4.69) is 30.8 Å². The van der Waals surface area contributed by atoms with Gasteiger partial charge in [-0.3, -0.25) is 0 Å². The molecular formula is C14H14N6. The molecule has 2 aromatic rings. The number of nitrogens with zero attached hydrogens (tertiary/aromatic N) is 6. The molecule has 0 aliphatic carbocycles. The van der Waals surface area contributed by atoms with E-state index in [0.29, 0.717) is 5.69 Å². The molecule has 100 valence electrons. The summed E-state index contributed by atoms with van der Waals surface area (Å²) in [5, 5.41) is 8.90. The molecule has 1 aliphatic heterocycles. The first-order valence-corrected chi connectivity index (χ1v) is 6.49. The van der Waals surface area contributed by atoms with Crippen LogP contribution in [-0.2, 0) is 0 Å². The number of pyridine rings is 1. The minimum absolute atomic E-state index is 0.459. The lowest BCUT2D eigenvalue weighted by molar-refractivity contribution is 0.646. The van der Waals surface area contributed by atoms with Crippen molar-refractivity contribution in [1.82, 2.24) is 15.0 Å². The Kier molecular flexibility index (Phi) is 3.42. The lowest BCUT2D eigenvalue weighted by Crippen LogP contribution is -2.46. The van der Waals surface area contributed by atoms with Crippen molar-refractivity contribution in [2.75, 3.05) is 36.0 Å². The molecule has 20 heavy (non-hydrogen) atoms. The van der Waals surface area contributed by atoms with Gasteiger partial charge in [0, 0.05) is 44.3 Å². The fourth-order valence-electron chi connectivity index (χ4n) is 2.34. The third-order valence-electron chi connectivity index (χ3n) is 3.39. The van der Waals surface area contributed by atoms with Crippen LogP contribution in [-0.4, -0.2) is 41.1 Å². The van der Waals surface area contributed by atoms with Gasteiger partial charge in [-0.2, -0.15) is 5.26 Å². The third-order valence-corrected chi connectivity index (χ3v) is 3.39.